The Bertz CT molecular complexity index is 864. The molecule has 3 aromatic rings. The van der Waals surface area contributed by atoms with Crippen LogP contribution in [0.5, 0.6) is 0 Å². The maximum absolute atomic E-state index is 12.4. The van der Waals surface area contributed by atoms with Gasteiger partial charge in [-0.25, -0.2) is 4.98 Å². The molecule has 3 heterocycles. The van der Waals surface area contributed by atoms with Gasteiger partial charge < -0.3 is 9.88 Å². The Morgan fingerprint density at radius 1 is 1.48 bits per heavy atom. The fourth-order valence-corrected chi connectivity index (χ4v) is 4.28. The van der Waals surface area contributed by atoms with Gasteiger partial charge in [-0.2, -0.15) is 0 Å². The molecule has 1 unspecified atom stereocenters. The van der Waals surface area contributed by atoms with Crippen LogP contribution in [0, 0.1) is 12.8 Å². The Morgan fingerprint density at radius 2 is 2.39 bits per heavy atom. The minimum atomic E-state index is 0.0412. The van der Waals surface area contributed by atoms with Gasteiger partial charge in [-0.05, 0) is 36.3 Å². The maximum atomic E-state index is 12.4. The first kappa shape index (κ1) is 14.5. The van der Waals surface area contributed by atoms with Gasteiger partial charge in [0.05, 0.1) is 4.88 Å². The molecular weight excluding hydrogens is 306 g/mol. The van der Waals surface area contributed by atoms with Gasteiger partial charge in [-0.1, -0.05) is 18.2 Å². The van der Waals surface area contributed by atoms with Gasteiger partial charge in [-0.15, -0.1) is 11.3 Å². The predicted octanol–water partition coefficient (Wildman–Crippen LogP) is 3.40. The third-order valence-corrected chi connectivity index (χ3v) is 5.85. The van der Waals surface area contributed by atoms with Gasteiger partial charge in [0.1, 0.15) is 5.82 Å². The fraction of sp³-hybridized carbons (Fsp3) is 0.333. The van der Waals surface area contributed by atoms with E-state index in [9.17, 15) is 4.79 Å². The van der Waals surface area contributed by atoms with Gasteiger partial charge in [0, 0.05) is 36.6 Å². The molecule has 0 aliphatic carbocycles. The minimum absolute atomic E-state index is 0.0412. The molecule has 0 fully saturated rings. The highest BCUT2D eigenvalue weighted by Crippen LogP contribution is 2.28. The number of hydrogen-bond donors (Lipinski definition) is 1. The van der Waals surface area contributed by atoms with Crippen LogP contribution in [0.25, 0.3) is 10.1 Å². The number of aromatic nitrogens is 2. The summed E-state index contributed by atoms with van der Waals surface area (Å²) in [6.07, 6.45) is 5.92. The lowest BCUT2D eigenvalue weighted by molar-refractivity contribution is 0.0948. The van der Waals surface area contributed by atoms with E-state index in [-0.39, 0.29) is 5.91 Å². The molecule has 118 valence electrons. The van der Waals surface area contributed by atoms with E-state index in [0.29, 0.717) is 5.92 Å². The lowest BCUT2D eigenvalue weighted by atomic mass is 9.98. The first-order valence-electron chi connectivity index (χ1n) is 7.98. The summed E-state index contributed by atoms with van der Waals surface area (Å²) in [6.45, 7) is 3.81. The Labute approximate surface area is 139 Å². The van der Waals surface area contributed by atoms with Crippen LogP contribution in [-0.4, -0.2) is 22.0 Å². The van der Waals surface area contributed by atoms with Crippen molar-refractivity contribution in [2.24, 2.45) is 5.92 Å². The SMILES string of the molecule is Cc1cccc2cc(C(=O)NCC3CCn4ccnc4C3)sc12. The molecule has 0 saturated heterocycles. The second-order valence-electron chi connectivity index (χ2n) is 6.21. The molecule has 5 heteroatoms. The zero-order chi connectivity index (χ0) is 15.8. The number of imidazole rings is 1. The standard InChI is InChI=1S/C18H19N3OS/c1-12-3-2-4-14-10-15(23-17(12)14)18(22)20-11-13-5-7-21-8-6-19-16(21)9-13/h2-4,6,8,10,13H,5,7,9,11H2,1H3,(H,20,22). The van der Waals surface area contributed by atoms with E-state index in [1.54, 1.807) is 11.3 Å². The second-order valence-corrected chi connectivity index (χ2v) is 7.26. The lowest BCUT2D eigenvalue weighted by Crippen LogP contribution is -2.32. The topological polar surface area (TPSA) is 46.9 Å². The summed E-state index contributed by atoms with van der Waals surface area (Å²) in [5.41, 5.74) is 1.23. The van der Waals surface area contributed by atoms with Crippen LogP contribution in [0.4, 0.5) is 0 Å². The molecule has 23 heavy (non-hydrogen) atoms. The van der Waals surface area contributed by atoms with Crippen LogP contribution in [0.2, 0.25) is 0 Å². The molecule has 0 spiro atoms. The fourth-order valence-electron chi connectivity index (χ4n) is 3.23. The zero-order valence-electron chi connectivity index (χ0n) is 13.1. The first-order chi connectivity index (χ1) is 11.2. The number of carbonyl (C=O) groups is 1. The van der Waals surface area contributed by atoms with E-state index in [0.717, 1.165) is 42.0 Å². The maximum Gasteiger partial charge on any atom is 0.261 e. The molecule has 0 saturated carbocycles. The van der Waals surface area contributed by atoms with Crippen LogP contribution in [0.3, 0.4) is 0 Å². The molecule has 4 nitrogen and oxygen atoms in total. The highest BCUT2D eigenvalue weighted by molar-refractivity contribution is 7.21. The Kier molecular flexibility index (Phi) is 3.65. The van der Waals surface area contributed by atoms with E-state index in [1.807, 2.05) is 24.5 Å². The van der Waals surface area contributed by atoms with Crippen molar-refractivity contribution in [1.82, 2.24) is 14.9 Å². The van der Waals surface area contributed by atoms with Crippen molar-refractivity contribution in [2.45, 2.75) is 26.3 Å². The second kappa shape index (κ2) is 5.81. The lowest BCUT2D eigenvalue weighted by Gasteiger charge is -2.23. The Morgan fingerprint density at radius 3 is 3.26 bits per heavy atom. The number of benzene rings is 1. The zero-order valence-corrected chi connectivity index (χ0v) is 13.9. The third kappa shape index (κ3) is 2.77. The average molecular weight is 325 g/mol. The number of amides is 1. The van der Waals surface area contributed by atoms with Crippen molar-refractivity contribution >= 4 is 27.3 Å². The average Bonchev–Trinajstić information content (AvgIpc) is 3.19. The van der Waals surface area contributed by atoms with Crippen LogP contribution in [0.1, 0.15) is 27.5 Å². The number of carbonyl (C=O) groups excluding carboxylic acids is 1. The van der Waals surface area contributed by atoms with Crippen molar-refractivity contribution in [3.8, 4) is 0 Å². The largest absolute Gasteiger partial charge is 0.351 e. The minimum Gasteiger partial charge on any atom is -0.351 e. The highest BCUT2D eigenvalue weighted by atomic mass is 32.1. The summed E-state index contributed by atoms with van der Waals surface area (Å²) >= 11 is 1.58. The van der Waals surface area contributed by atoms with Crippen molar-refractivity contribution in [3.63, 3.8) is 0 Å². The highest BCUT2D eigenvalue weighted by Gasteiger charge is 2.20. The molecule has 1 amide bonds. The summed E-state index contributed by atoms with van der Waals surface area (Å²) in [6, 6.07) is 8.19. The number of fused-ring (bicyclic) bond motifs is 2. The van der Waals surface area contributed by atoms with Gasteiger partial charge in [0.15, 0.2) is 0 Å². The van der Waals surface area contributed by atoms with E-state index in [1.165, 1.54) is 10.3 Å². The molecule has 4 rings (SSSR count). The van der Waals surface area contributed by atoms with E-state index in [4.69, 9.17) is 0 Å². The normalized spacial score (nSPS) is 17.2. The van der Waals surface area contributed by atoms with Crippen LogP contribution >= 0.6 is 11.3 Å². The van der Waals surface area contributed by atoms with Gasteiger partial charge >= 0.3 is 0 Å². The number of hydrogen-bond acceptors (Lipinski definition) is 3. The van der Waals surface area contributed by atoms with Crippen LogP contribution in [0.15, 0.2) is 36.7 Å². The van der Waals surface area contributed by atoms with E-state index < -0.39 is 0 Å². The van der Waals surface area contributed by atoms with Gasteiger partial charge in [-0.3, -0.25) is 4.79 Å². The van der Waals surface area contributed by atoms with E-state index in [2.05, 4.69) is 33.9 Å². The van der Waals surface area contributed by atoms with Gasteiger partial charge in [0.2, 0.25) is 0 Å². The number of rotatable bonds is 3. The molecule has 1 N–H and O–H groups in total. The number of thiophene rings is 1. The molecule has 1 aliphatic heterocycles. The molecule has 1 atom stereocenters. The van der Waals surface area contributed by atoms with Crippen molar-refractivity contribution < 1.29 is 4.79 Å². The van der Waals surface area contributed by atoms with Crippen molar-refractivity contribution in [1.29, 1.82) is 0 Å². The number of nitrogens with one attached hydrogen (secondary N) is 1. The molecule has 1 aromatic carbocycles. The van der Waals surface area contributed by atoms with E-state index >= 15 is 0 Å². The van der Waals surface area contributed by atoms with Gasteiger partial charge in [0.25, 0.3) is 5.91 Å². The number of nitrogens with zero attached hydrogens (tertiary/aromatic N) is 2. The predicted molar refractivity (Wildman–Crippen MR) is 92.9 cm³/mol. The Hall–Kier alpha value is -2.14. The number of aryl methyl sites for hydroxylation is 2. The quantitative estimate of drug-likeness (QED) is 0.802. The summed E-state index contributed by atoms with van der Waals surface area (Å²) < 4.78 is 3.41. The molecule has 0 radical (unpaired) electrons. The van der Waals surface area contributed by atoms with Crippen molar-refractivity contribution in [2.75, 3.05) is 6.54 Å². The molecule has 0 bridgehead atoms. The molecular formula is C18H19N3OS. The monoisotopic (exact) mass is 325 g/mol. The summed E-state index contributed by atoms with van der Waals surface area (Å²) in [7, 11) is 0. The summed E-state index contributed by atoms with van der Waals surface area (Å²) in [5, 5.41) is 4.26. The van der Waals surface area contributed by atoms with Crippen LogP contribution in [-0.2, 0) is 13.0 Å². The van der Waals surface area contributed by atoms with Crippen molar-refractivity contribution in [3.05, 3.63) is 52.9 Å². The smallest absolute Gasteiger partial charge is 0.261 e. The summed E-state index contributed by atoms with van der Waals surface area (Å²) in [4.78, 5) is 17.6. The molecule has 1 aliphatic rings. The summed E-state index contributed by atoms with van der Waals surface area (Å²) in [5.74, 6) is 1.65. The Balaban J connectivity index is 1.43. The first-order valence-corrected chi connectivity index (χ1v) is 8.80. The van der Waals surface area contributed by atoms with Crippen LogP contribution < -0.4 is 5.32 Å². The molecule has 2 aromatic heterocycles. The third-order valence-electron chi connectivity index (χ3n) is 4.57.